The van der Waals surface area contributed by atoms with Crippen LogP contribution in [0.15, 0.2) is 0 Å². The van der Waals surface area contributed by atoms with Gasteiger partial charge in [-0.15, -0.1) is 0 Å². The molecule has 0 aliphatic rings. The first kappa shape index (κ1) is 4.52. The summed E-state index contributed by atoms with van der Waals surface area (Å²) in [6, 6.07) is 0. The van der Waals surface area contributed by atoms with Crippen molar-refractivity contribution in [1.29, 1.82) is 0 Å². The third kappa shape index (κ3) is 21.6. The summed E-state index contributed by atoms with van der Waals surface area (Å²) < 4.78 is 0. The first-order valence-electron chi connectivity index (χ1n) is 1.24. The van der Waals surface area contributed by atoms with Crippen LogP contribution in [0.4, 0.5) is 0 Å². The molecule has 0 heterocycles. The van der Waals surface area contributed by atoms with Crippen molar-refractivity contribution >= 4 is 16.9 Å². The van der Waals surface area contributed by atoms with Gasteiger partial charge in [-0.1, -0.05) is 0 Å². The van der Waals surface area contributed by atoms with Gasteiger partial charge in [-0.25, -0.2) is 0 Å². The van der Waals surface area contributed by atoms with Gasteiger partial charge in [0, 0.05) is 0 Å². The molecule has 0 fully saturated rings. The first-order chi connectivity index (χ1) is 1.73. The van der Waals surface area contributed by atoms with Crippen molar-refractivity contribution in [1.82, 2.24) is 0 Å². The van der Waals surface area contributed by atoms with E-state index in [1.54, 1.807) is 16.9 Å². The minimum atomic E-state index is 0.396. The van der Waals surface area contributed by atoms with E-state index in [9.17, 15) is 0 Å². The molecule has 0 rings (SSSR count). The standard InChI is InChI=1S/C2H8AsN/c1-2(3)4/h2H,3-4H2,1H3. The van der Waals surface area contributed by atoms with E-state index in [-0.39, 0.29) is 0 Å². The zero-order valence-corrected chi connectivity index (χ0v) is 5.15. The summed E-state index contributed by atoms with van der Waals surface area (Å²) in [6.45, 7) is 1.97. The van der Waals surface area contributed by atoms with Crippen LogP contribution in [0.3, 0.4) is 0 Å². The summed E-state index contributed by atoms with van der Waals surface area (Å²) in [4.78, 5) is 0.396. The Morgan fingerprint density at radius 3 is 2.00 bits per heavy atom. The molecule has 0 aromatic heterocycles. The van der Waals surface area contributed by atoms with Crippen molar-refractivity contribution in [2.24, 2.45) is 5.73 Å². The Morgan fingerprint density at radius 2 is 2.00 bits per heavy atom. The van der Waals surface area contributed by atoms with E-state index in [1.165, 1.54) is 0 Å². The SMILES string of the molecule is CC(N)[AsH2]. The molecule has 0 aromatic carbocycles. The Balaban J connectivity index is 2.32. The summed E-state index contributed by atoms with van der Waals surface area (Å²) in [5, 5.41) is 0. The molecule has 0 amide bonds. The van der Waals surface area contributed by atoms with Crippen LogP contribution >= 0.6 is 0 Å². The Morgan fingerprint density at radius 1 is 2.00 bits per heavy atom. The van der Waals surface area contributed by atoms with Crippen molar-refractivity contribution in [3.05, 3.63) is 0 Å². The van der Waals surface area contributed by atoms with Crippen molar-refractivity contribution in [2.45, 2.75) is 11.8 Å². The minimum absolute atomic E-state index is 0.396. The van der Waals surface area contributed by atoms with Crippen molar-refractivity contribution in [3.8, 4) is 0 Å². The summed E-state index contributed by atoms with van der Waals surface area (Å²) in [5.41, 5.74) is 5.14. The number of rotatable bonds is 0. The fourth-order valence-electron chi connectivity index (χ4n) is 0. The van der Waals surface area contributed by atoms with Gasteiger partial charge in [-0.3, -0.25) is 0 Å². The molecule has 0 saturated heterocycles. The molecular formula is C2H8AsN. The fourth-order valence-corrected chi connectivity index (χ4v) is 0. The quantitative estimate of drug-likeness (QED) is 0.405. The Bertz CT molecular complexity index is 10.8. The third-order valence-electron chi connectivity index (χ3n) is 0. The molecule has 2 heteroatoms. The zero-order valence-electron chi connectivity index (χ0n) is 2.73. The monoisotopic (exact) mass is 121 g/mol. The van der Waals surface area contributed by atoms with Crippen molar-refractivity contribution in [3.63, 3.8) is 0 Å². The summed E-state index contributed by atoms with van der Waals surface area (Å²) in [5.74, 6) is 0. The summed E-state index contributed by atoms with van der Waals surface area (Å²) >= 11 is 1.58. The predicted octanol–water partition coefficient (Wildman–Crippen LogP) is -1.08. The van der Waals surface area contributed by atoms with E-state index in [1.807, 2.05) is 6.92 Å². The van der Waals surface area contributed by atoms with Gasteiger partial charge < -0.3 is 0 Å². The maximum atomic E-state index is 5.14. The second-order valence-electron chi connectivity index (χ2n) is 0.859. The average molecular weight is 121 g/mol. The van der Waals surface area contributed by atoms with Crippen LogP contribution < -0.4 is 5.73 Å². The molecule has 2 N–H and O–H groups in total. The molecule has 4 heavy (non-hydrogen) atoms. The number of hydrogen-bond acceptors (Lipinski definition) is 1. The van der Waals surface area contributed by atoms with Gasteiger partial charge in [0.05, 0.1) is 0 Å². The Hall–Kier alpha value is 0.518. The van der Waals surface area contributed by atoms with E-state index in [2.05, 4.69) is 0 Å². The van der Waals surface area contributed by atoms with Crippen LogP contribution in [0.1, 0.15) is 6.92 Å². The number of nitrogens with two attached hydrogens (primary N) is 1. The van der Waals surface area contributed by atoms with Crippen LogP contribution in [-0.4, -0.2) is 21.7 Å². The Kier molecular flexibility index (Phi) is 2.04. The summed E-state index contributed by atoms with van der Waals surface area (Å²) in [6.07, 6.45) is 0. The van der Waals surface area contributed by atoms with Gasteiger partial charge >= 0.3 is 34.3 Å². The van der Waals surface area contributed by atoms with Crippen LogP contribution in [0.5, 0.6) is 0 Å². The van der Waals surface area contributed by atoms with Crippen molar-refractivity contribution in [2.75, 3.05) is 0 Å². The first-order valence-corrected chi connectivity index (χ1v) is 2.64. The van der Waals surface area contributed by atoms with Crippen LogP contribution in [0, 0.1) is 0 Å². The van der Waals surface area contributed by atoms with Crippen LogP contribution in [0.25, 0.3) is 0 Å². The van der Waals surface area contributed by atoms with E-state index in [0.29, 0.717) is 4.83 Å². The summed E-state index contributed by atoms with van der Waals surface area (Å²) in [7, 11) is 0. The zero-order chi connectivity index (χ0) is 3.58. The molecule has 1 nitrogen and oxygen atoms in total. The molecule has 2 unspecified atom stereocenters. The predicted molar refractivity (Wildman–Crippen MR) is 22.2 cm³/mol. The molecular weight excluding hydrogens is 113 g/mol. The Labute approximate surface area is 35.1 Å². The van der Waals surface area contributed by atoms with Crippen LogP contribution in [0.2, 0.25) is 0 Å². The van der Waals surface area contributed by atoms with Gasteiger partial charge in [-0.2, -0.15) is 0 Å². The van der Waals surface area contributed by atoms with Gasteiger partial charge in [0.15, 0.2) is 0 Å². The van der Waals surface area contributed by atoms with E-state index < -0.39 is 0 Å². The molecule has 0 bridgehead atoms. The molecule has 26 valence electrons. The van der Waals surface area contributed by atoms with E-state index in [4.69, 9.17) is 5.73 Å². The molecule has 0 radical (unpaired) electrons. The van der Waals surface area contributed by atoms with Gasteiger partial charge in [0.1, 0.15) is 0 Å². The normalized spacial score (nSPS) is 15.8. The van der Waals surface area contributed by atoms with Gasteiger partial charge in [-0.05, 0) is 0 Å². The van der Waals surface area contributed by atoms with Crippen LogP contribution in [-0.2, 0) is 0 Å². The second kappa shape index (κ2) is 1.80. The van der Waals surface area contributed by atoms with Gasteiger partial charge in [0.2, 0.25) is 0 Å². The van der Waals surface area contributed by atoms with Crippen molar-refractivity contribution < 1.29 is 0 Å². The maximum absolute atomic E-state index is 5.14. The molecule has 0 aliphatic carbocycles. The third-order valence-corrected chi connectivity index (χ3v) is 0. The topological polar surface area (TPSA) is 26.0 Å². The second-order valence-corrected chi connectivity index (χ2v) is 3.07. The molecule has 2 atom stereocenters. The fraction of sp³-hybridized carbons (Fsp3) is 1.00. The van der Waals surface area contributed by atoms with E-state index in [0.717, 1.165) is 0 Å². The molecule has 0 saturated carbocycles. The van der Waals surface area contributed by atoms with E-state index >= 15 is 0 Å². The average Bonchev–Trinajstić information content (AvgIpc) is 0.811. The molecule has 0 spiro atoms. The number of hydrogen-bond donors (Lipinski definition) is 1. The molecule has 0 aromatic rings. The molecule has 0 aliphatic heterocycles. The van der Waals surface area contributed by atoms with Gasteiger partial charge in [0.25, 0.3) is 0 Å².